The molecule has 0 unspecified atom stereocenters. The Kier molecular flexibility index (Phi) is 4.65. The van der Waals surface area contributed by atoms with Crippen molar-refractivity contribution in [2.45, 2.75) is 6.92 Å². The van der Waals surface area contributed by atoms with Crippen molar-refractivity contribution in [3.05, 3.63) is 68.3 Å². The molecule has 0 radical (unpaired) electrons. The zero-order valence-electron chi connectivity index (χ0n) is 12.1. The second-order valence-electron chi connectivity index (χ2n) is 4.48. The number of ether oxygens (including phenoxy) is 1. The van der Waals surface area contributed by atoms with Crippen LogP contribution in [0.3, 0.4) is 0 Å². The van der Waals surface area contributed by atoms with Crippen molar-refractivity contribution in [3.8, 4) is 11.1 Å². The highest BCUT2D eigenvalue weighted by Gasteiger charge is 2.25. The molecule has 0 saturated heterocycles. The van der Waals surface area contributed by atoms with E-state index < -0.39 is 27.2 Å². The van der Waals surface area contributed by atoms with Gasteiger partial charge in [0.1, 0.15) is 0 Å². The minimum Gasteiger partial charge on any atom is -0.462 e. The minimum atomic E-state index is -0.825. The monoisotopic (exact) mass is 316 g/mol. The van der Waals surface area contributed by atoms with Crippen LogP contribution in [-0.4, -0.2) is 22.4 Å². The second-order valence-corrected chi connectivity index (χ2v) is 4.48. The first-order valence-electron chi connectivity index (χ1n) is 6.65. The molecule has 0 aliphatic heterocycles. The molecule has 0 bridgehead atoms. The average molecular weight is 316 g/mol. The summed E-state index contributed by atoms with van der Waals surface area (Å²) in [5.74, 6) is -0.566. The van der Waals surface area contributed by atoms with Crippen LogP contribution in [-0.2, 0) is 4.74 Å². The Bertz CT molecular complexity index is 787. The summed E-state index contributed by atoms with van der Waals surface area (Å²) in [6, 6.07) is 9.91. The number of hydrogen-bond acceptors (Lipinski definition) is 6. The van der Waals surface area contributed by atoms with Gasteiger partial charge in [0.05, 0.1) is 22.0 Å². The lowest BCUT2D eigenvalue weighted by Gasteiger charge is -2.09. The molecule has 0 saturated carbocycles. The van der Waals surface area contributed by atoms with Crippen LogP contribution >= 0.6 is 0 Å². The van der Waals surface area contributed by atoms with Crippen LogP contribution in [0.5, 0.6) is 0 Å². The highest BCUT2D eigenvalue weighted by Crippen LogP contribution is 2.33. The van der Waals surface area contributed by atoms with Gasteiger partial charge in [0.2, 0.25) is 0 Å². The van der Waals surface area contributed by atoms with Gasteiger partial charge in [0, 0.05) is 12.1 Å². The Morgan fingerprint density at radius 3 is 2.30 bits per heavy atom. The van der Waals surface area contributed by atoms with Crippen LogP contribution in [0.1, 0.15) is 17.3 Å². The van der Waals surface area contributed by atoms with Crippen molar-refractivity contribution in [2.75, 3.05) is 6.61 Å². The lowest BCUT2D eigenvalue weighted by molar-refractivity contribution is -0.422. The summed E-state index contributed by atoms with van der Waals surface area (Å²) in [5.41, 5.74) is -0.272. The molecule has 2 aromatic carbocycles. The first kappa shape index (κ1) is 16.1. The van der Waals surface area contributed by atoms with Gasteiger partial charge in [0.25, 0.3) is 0 Å². The molecular formula is C15H12N2O6. The summed E-state index contributed by atoms with van der Waals surface area (Å²) >= 11 is 0. The van der Waals surface area contributed by atoms with Crippen LogP contribution in [0.15, 0.2) is 42.5 Å². The van der Waals surface area contributed by atoms with E-state index >= 15 is 0 Å². The van der Waals surface area contributed by atoms with E-state index in [1.54, 1.807) is 25.1 Å². The number of benzene rings is 2. The summed E-state index contributed by atoms with van der Waals surface area (Å²) in [7, 11) is 0. The SMILES string of the molecule is CCOC(=O)c1ccccc1-c1ccc([N+](=O)[O-])c([N+](=O)[O-])c1. The third kappa shape index (κ3) is 3.31. The van der Waals surface area contributed by atoms with Crippen molar-refractivity contribution in [2.24, 2.45) is 0 Å². The van der Waals surface area contributed by atoms with Gasteiger partial charge in [0.15, 0.2) is 0 Å². The van der Waals surface area contributed by atoms with Crippen molar-refractivity contribution in [1.82, 2.24) is 0 Å². The Hall–Kier alpha value is -3.29. The van der Waals surface area contributed by atoms with Crippen molar-refractivity contribution in [1.29, 1.82) is 0 Å². The van der Waals surface area contributed by atoms with Gasteiger partial charge in [-0.05, 0) is 30.2 Å². The topological polar surface area (TPSA) is 113 Å². The quantitative estimate of drug-likeness (QED) is 0.475. The Morgan fingerprint density at radius 2 is 1.70 bits per heavy atom. The molecule has 8 heteroatoms. The maximum atomic E-state index is 12.0. The van der Waals surface area contributed by atoms with Gasteiger partial charge < -0.3 is 4.74 Å². The molecule has 0 fully saturated rings. The highest BCUT2D eigenvalue weighted by molar-refractivity contribution is 5.97. The van der Waals surface area contributed by atoms with Crippen LogP contribution in [0.2, 0.25) is 0 Å². The number of esters is 1. The van der Waals surface area contributed by atoms with E-state index in [0.717, 1.165) is 12.1 Å². The maximum Gasteiger partial charge on any atom is 0.346 e. The van der Waals surface area contributed by atoms with E-state index in [-0.39, 0.29) is 12.2 Å². The summed E-state index contributed by atoms with van der Waals surface area (Å²) in [6.07, 6.45) is 0. The molecule has 0 aromatic heterocycles. The van der Waals surface area contributed by atoms with Gasteiger partial charge >= 0.3 is 17.3 Å². The molecule has 0 spiro atoms. The van der Waals surface area contributed by atoms with Gasteiger partial charge in [-0.2, -0.15) is 0 Å². The van der Waals surface area contributed by atoms with Crippen molar-refractivity contribution >= 4 is 17.3 Å². The molecular weight excluding hydrogens is 304 g/mol. The van der Waals surface area contributed by atoms with Gasteiger partial charge in [-0.3, -0.25) is 20.2 Å². The first-order valence-corrected chi connectivity index (χ1v) is 6.65. The fourth-order valence-electron chi connectivity index (χ4n) is 2.11. The minimum absolute atomic E-state index is 0.188. The Balaban J connectivity index is 2.60. The van der Waals surface area contributed by atoms with Crippen molar-refractivity contribution < 1.29 is 19.4 Å². The fourth-order valence-corrected chi connectivity index (χ4v) is 2.11. The van der Waals surface area contributed by atoms with Gasteiger partial charge in [-0.1, -0.05) is 18.2 Å². The summed E-state index contributed by atoms with van der Waals surface area (Å²) in [6.45, 7) is 1.85. The molecule has 8 nitrogen and oxygen atoms in total. The number of rotatable bonds is 5. The zero-order chi connectivity index (χ0) is 17.0. The summed E-state index contributed by atoms with van der Waals surface area (Å²) in [4.78, 5) is 32.2. The standard InChI is InChI=1S/C15H12N2O6/c1-2-23-15(18)12-6-4-3-5-11(12)10-7-8-13(16(19)20)14(9-10)17(21)22/h3-9H,2H2,1H3. The lowest BCUT2D eigenvalue weighted by atomic mass is 9.99. The van der Waals surface area contributed by atoms with Crippen LogP contribution in [0.25, 0.3) is 11.1 Å². The molecule has 0 aliphatic rings. The van der Waals surface area contributed by atoms with Gasteiger partial charge in [-0.15, -0.1) is 0 Å². The molecule has 118 valence electrons. The van der Waals surface area contributed by atoms with Crippen LogP contribution < -0.4 is 0 Å². The summed E-state index contributed by atoms with van der Waals surface area (Å²) in [5, 5.41) is 21.9. The molecule has 0 aliphatic carbocycles. The molecule has 0 heterocycles. The van der Waals surface area contributed by atoms with E-state index in [1.165, 1.54) is 12.1 Å². The largest absolute Gasteiger partial charge is 0.462 e. The predicted octanol–water partition coefficient (Wildman–Crippen LogP) is 3.35. The molecule has 23 heavy (non-hydrogen) atoms. The zero-order valence-corrected chi connectivity index (χ0v) is 12.1. The van der Waals surface area contributed by atoms with Crippen molar-refractivity contribution in [3.63, 3.8) is 0 Å². The third-order valence-electron chi connectivity index (χ3n) is 3.10. The number of nitro benzene ring substituents is 2. The third-order valence-corrected chi connectivity index (χ3v) is 3.10. The number of nitro groups is 2. The Morgan fingerprint density at radius 1 is 1.04 bits per heavy atom. The summed E-state index contributed by atoms with van der Waals surface area (Å²) < 4.78 is 4.95. The second kappa shape index (κ2) is 6.65. The number of carbonyl (C=O) groups excluding carboxylic acids is 1. The molecule has 0 N–H and O–H groups in total. The number of nitrogens with zero attached hydrogens (tertiary/aromatic N) is 2. The molecule has 2 rings (SSSR count). The van der Waals surface area contributed by atoms with E-state index in [2.05, 4.69) is 0 Å². The average Bonchev–Trinajstić information content (AvgIpc) is 2.54. The van der Waals surface area contributed by atoms with E-state index in [9.17, 15) is 25.0 Å². The maximum absolute atomic E-state index is 12.0. The molecule has 0 atom stereocenters. The Labute approximate surface area is 130 Å². The van der Waals surface area contributed by atoms with E-state index in [4.69, 9.17) is 4.74 Å². The number of hydrogen-bond donors (Lipinski definition) is 0. The van der Waals surface area contributed by atoms with E-state index in [0.29, 0.717) is 11.1 Å². The van der Waals surface area contributed by atoms with Crippen LogP contribution in [0, 0.1) is 20.2 Å². The fraction of sp³-hybridized carbons (Fsp3) is 0.133. The van der Waals surface area contributed by atoms with E-state index in [1.807, 2.05) is 0 Å². The molecule has 2 aromatic rings. The lowest BCUT2D eigenvalue weighted by Crippen LogP contribution is -2.06. The smallest absolute Gasteiger partial charge is 0.346 e. The van der Waals surface area contributed by atoms with Crippen LogP contribution in [0.4, 0.5) is 11.4 Å². The van der Waals surface area contributed by atoms with Gasteiger partial charge in [-0.25, -0.2) is 4.79 Å². The highest BCUT2D eigenvalue weighted by atomic mass is 16.6. The first-order chi connectivity index (χ1) is 11.0. The predicted molar refractivity (Wildman–Crippen MR) is 81.1 cm³/mol. The number of carbonyl (C=O) groups is 1. The molecule has 0 amide bonds. The normalized spacial score (nSPS) is 10.1.